The molecule has 0 bridgehead atoms. The molecule has 0 amide bonds. The Morgan fingerprint density at radius 3 is 2.64 bits per heavy atom. The first-order chi connectivity index (χ1) is 6.74. The van der Waals surface area contributed by atoms with Crippen molar-refractivity contribution in [2.45, 2.75) is 6.42 Å². The van der Waals surface area contributed by atoms with E-state index in [1.54, 1.807) is 0 Å². The van der Waals surface area contributed by atoms with Crippen LogP contribution in [0.5, 0.6) is 0 Å². The molecule has 1 rings (SSSR count). The second-order valence-electron chi connectivity index (χ2n) is 2.38. The summed E-state index contributed by atoms with van der Waals surface area (Å²) in [4.78, 5) is 17.7. The van der Waals surface area contributed by atoms with Gasteiger partial charge in [0.25, 0.3) is 0 Å². The third-order valence-corrected chi connectivity index (χ3v) is 1.54. The summed E-state index contributed by atoms with van der Waals surface area (Å²) in [5.74, 6) is 4.98. The molecule has 5 heteroatoms. The van der Waals surface area contributed by atoms with Crippen LogP contribution in [-0.2, 0) is 0 Å². The number of carbonyl (C=O) groups is 1. The molecular weight excluding hydrogens is 200 g/mol. The largest absolute Gasteiger partial charge is 0.475 e. The molecule has 0 saturated carbocycles. The van der Waals surface area contributed by atoms with E-state index in [1.807, 2.05) is 0 Å². The first kappa shape index (κ1) is 10.5. The van der Waals surface area contributed by atoms with Crippen molar-refractivity contribution in [3.8, 4) is 11.8 Å². The third kappa shape index (κ3) is 3.07. The van der Waals surface area contributed by atoms with Crippen molar-refractivity contribution in [2.24, 2.45) is 0 Å². The van der Waals surface area contributed by atoms with Crippen LogP contribution in [0.15, 0.2) is 12.4 Å². The van der Waals surface area contributed by atoms with Gasteiger partial charge in [-0.3, -0.25) is 0 Å². The van der Waals surface area contributed by atoms with Gasteiger partial charge in [0.1, 0.15) is 0 Å². The molecule has 0 aromatic carbocycles. The standard InChI is InChI=1S/C9H8N2O2S/c12-9(13)8-10-5-7(6-11-8)3-1-2-4-14/h5-6,14H,2,4H2,(H,12,13). The van der Waals surface area contributed by atoms with E-state index in [9.17, 15) is 4.79 Å². The van der Waals surface area contributed by atoms with Gasteiger partial charge in [0.05, 0.1) is 5.56 Å². The number of aromatic carboxylic acids is 1. The molecule has 1 N–H and O–H groups in total. The lowest BCUT2D eigenvalue weighted by atomic mass is 10.3. The summed E-state index contributed by atoms with van der Waals surface area (Å²) in [6.45, 7) is 0. The minimum absolute atomic E-state index is 0.218. The van der Waals surface area contributed by atoms with Crippen LogP contribution in [0.25, 0.3) is 0 Å². The Kier molecular flexibility index (Phi) is 3.95. The first-order valence-corrected chi connectivity index (χ1v) is 4.52. The van der Waals surface area contributed by atoms with Crippen LogP contribution in [0.3, 0.4) is 0 Å². The van der Waals surface area contributed by atoms with Gasteiger partial charge in [0.15, 0.2) is 0 Å². The number of thiol groups is 1. The number of hydrogen-bond donors (Lipinski definition) is 2. The molecule has 0 aliphatic heterocycles. The minimum Gasteiger partial charge on any atom is -0.475 e. The molecule has 0 radical (unpaired) electrons. The van der Waals surface area contributed by atoms with E-state index in [1.165, 1.54) is 12.4 Å². The zero-order valence-electron chi connectivity index (χ0n) is 7.27. The number of aromatic nitrogens is 2. The SMILES string of the molecule is O=C(O)c1ncc(C#CCCS)cn1. The summed E-state index contributed by atoms with van der Waals surface area (Å²) >= 11 is 4.00. The highest BCUT2D eigenvalue weighted by Gasteiger charge is 2.03. The van der Waals surface area contributed by atoms with Gasteiger partial charge < -0.3 is 5.11 Å². The fourth-order valence-electron chi connectivity index (χ4n) is 0.723. The Hall–Kier alpha value is -1.54. The Labute approximate surface area is 86.8 Å². The van der Waals surface area contributed by atoms with E-state index in [2.05, 4.69) is 34.4 Å². The van der Waals surface area contributed by atoms with Gasteiger partial charge in [-0.25, -0.2) is 14.8 Å². The average Bonchev–Trinajstić information content (AvgIpc) is 2.19. The average molecular weight is 208 g/mol. The summed E-state index contributed by atoms with van der Waals surface area (Å²) in [5.41, 5.74) is 0.608. The lowest BCUT2D eigenvalue weighted by Gasteiger charge is -1.91. The highest BCUT2D eigenvalue weighted by atomic mass is 32.1. The predicted octanol–water partition coefficient (Wildman–Crippen LogP) is 0.846. The summed E-state index contributed by atoms with van der Waals surface area (Å²) in [5, 5.41) is 8.52. The first-order valence-electron chi connectivity index (χ1n) is 3.89. The summed E-state index contributed by atoms with van der Waals surface area (Å²) < 4.78 is 0. The lowest BCUT2D eigenvalue weighted by Crippen LogP contribution is -2.03. The number of carboxylic acid groups (broad SMARTS) is 1. The highest BCUT2D eigenvalue weighted by molar-refractivity contribution is 7.80. The number of hydrogen-bond acceptors (Lipinski definition) is 4. The Morgan fingerprint density at radius 1 is 1.50 bits per heavy atom. The fraction of sp³-hybridized carbons (Fsp3) is 0.222. The normalized spacial score (nSPS) is 8.93. The summed E-state index contributed by atoms with van der Waals surface area (Å²) in [6, 6.07) is 0. The molecule has 1 aromatic rings. The molecule has 14 heavy (non-hydrogen) atoms. The maximum Gasteiger partial charge on any atom is 0.373 e. The molecule has 1 aromatic heterocycles. The number of nitrogens with zero attached hydrogens (tertiary/aromatic N) is 2. The van der Waals surface area contributed by atoms with Crippen LogP contribution in [-0.4, -0.2) is 26.8 Å². The Balaban J connectivity index is 2.75. The second kappa shape index (κ2) is 5.25. The zero-order valence-corrected chi connectivity index (χ0v) is 8.16. The van der Waals surface area contributed by atoms with Crippen LogP contribution in [0.2, 0.25) is 0 Å². The maximum atomic E-state index is 10.4. The smallest absolute Gasteiger partial charge is 0.373 e. The quantitative estimate of drug-likeness (QED) is 0.558. The second-order valence-corrected chi connectivity index (χ2v) is 2.82. The topological polar surface area (TPSA) is 63.1 Å². The van der Waals surface area contributed by atoms with E-state index >= 15 is 0 Å². The minimum atomic E-state index is -1.14. The van der Waals surface area contributed by atoms with Gasteiger partial charge in [0.2, 0.25) is 5.82 Å². The molecule has 0 aliphatic carbocycles. The van der Waals surface area contributed by atoms with Crippen LogP contribution >= 0.6 is 12.6 Å². The van der Waals surface area contributed by atoms with Gasteiger partial charge in [-0.1, -0.05) is 11.8 Å². The van der Waals surface area contributed by atoms with Crippen molar-refractivity contribution in [3.63, 3.8) is 0 Å². The van der Waals surface area contributed by atoms with E-state index < -0.39 is 5.97 Å². The third-order valence-electron chi connectivity index (χ3n) is 1.31. The monoisotopic (exact) mass is 208 g/mol. The van der Waals surface area contributed by atoms with Crippen molar-refractivity contribution in [1.82, 2.24) is 9.97 Å². The molecule has 0 unspecified atom stereocenters. The summed E-state index contributed by atoms with van der Waals surface area (Å²) in [6.07, 6.45) is 3.47. The number of carboxylic acids is 1. The van der Waals surface area contributed by atoms with E-state index in [4.69, 9.17) is 5.11 Å². The van der Waals surface area contributed by atoms with Crippen LogP contribution < -0.4 is 0 Å². The Bertz CT molecular complexity index is 378. The van der Waals surface area contributed by atoms with Crippen molar-refractivity contribution in [3.05, 3.63) is 23.8 Å². The predicted molar refractivity (Wildman–Crippen MR) is 54.3 cm³/mol. The van der Waals surface area contributed by atoms with E-state index in [0.717, 1.165) is 0 Å². The van der Waals surface area contributed by atoms with Crippen LogP contribution in [0.4, 0.5) is 0 Å². The van der Waals surface area contributed by atoms with Crippen molar-refractivity contribution in [1.29, 1.82) is 0 Å². The van der Waals surface area contributed by atoms with Gasteiger partial charge in [0, 0.05) is 24.6 Å². The van der Waals surface area contributed by atoms with Gasteiger partial charge in [-0.15, -0.1) is 0 Å². The highest BCUT2D eigenvalue weighted by Crippen LogP contribution is 1.94. The molecule has 0 aliphatic rings. The van der Waals surface area contributed by atoms with Crippen molar-refractivity contribution < 1.29 is 9.90 Å². The van der Waals surface area contributed by atoms with Crippen LogP contribution in [0.1, 0.15) is 22.6 Å². The fourth-order valence-corrected chi connectivity index (χ4v) is 0.835. The van der Waals surface area contributed by atoms with Gasteiger partial charge in [-0.2, -0.15) is 12.6 Å². The molecular formula is C9H8N2O2S. The lowest BCUT2D eigenvalue weighted by molar-refractivity contribution is 0.0683. The van der Waals surface area contributed by atoms with E-state index in [0.29, 0.717) is 17.7 Å². The molecule has 0 spiro atoms. The zero-order chi connectivity index (χ0) is 10.4. The van der Waals surface area contributed by atoms with Crippen LogP contribution in [0, 0.1) is 11.8 Å². The number of rotatable bonds is 2. The Morgan fingerprint density at radius 2 is 2.14 bits per heavy atom. The van der Waals surface area contributed by atoms with Crippen molar-refractivity contribution >= 4 is 18.6 Å². The molecule has 0 atom stereocenters. The molecule has 72 valence electrons. The molecule has 0 saturated heterocycles. The maximum absolute atomic E-state index is 10.4. The molecule has 1 heterocycles. The molecule has 4 nitrogen and oxygen atoms in total. The summed E-state index contributed by atoms with van der Waals surface area (Å²) in [7, 11) is 0. The van der Waals surface area contributed by atoms with Gasteiger partial charge in [-0.05, 0) is 0 Å². The molecule has 0 fully saturated rings. The van der Waals surface area contributed by atoms with Gasteiger partial charge >= 0.3 is 5.97 Å². The van der Waals surface area contributed by atoms with E-state index in [-0.39, 0.29) is 5.82 Å². The van der Waals surface area contributed by atoms with Crippen molar-refractivity contribution in [2.75, 3.05) is 5.75 Å².